The van der Waals surface area contributed by atoms with Gasteiger partial charge >= 0.3 is 0 Å². The minimum absolute atomic E-state index is 0.251. The number of hydrogen-bond acceptors (Lipinski definition) is 2. The van der Waals surface area contributed by atoms with Gasteiger partial charge in [-0.2, -0.15) is 0 Å². The summed E-state index contributed by atoms with van der Waals surface area (Å²) in [6, 6.07) is 3.77. The summed E-state index contributed by atoms with van der Waals surface area (Å²) < 4.78 is 0.817. The van der Waals surface area contributed by atoms with Gasteiger partial charge in [0.15, 0.2) is 5.75 Å². The van der Waals surface area contributed by atoms with E-state index in [1.54, 1.807) is 0 Å². The maximum Gasteiger partial charge on any atom is 0.156 e. The number of aromatic amines is 1. The van der Waals surface area contributed by atoms with E-state index in [0.717, 1.165) is 14.9 Å². The fourth-order valence-corrected chi connectivity index (χ4v) is 1.85. The Morgan fingerprint density at radius 3 is 3.00 bits per heavy atom. The zero-order valence-electron chi connectivity index (χ0n) is 6.51. The molecule has 0 aliphatic rings. The van der Waals surface area contributed by atoms with E-state index >= 15 is 0 Å². The van der Waals surface area contributed by atoms with Crippen molar-refractivity contribution >= 4 is 49.6 Å². The summed E-state index contributed by atoms with van der Waals surface area (Å²) in [5.41, 5.74) is 1.51. The molecule has 0 saturated carbocycles. The average molecular weight is 353 g/mol. The maximum absolute atomic E-state index is 9.66. The first-order valence-electron chi connectivity index (χ1n) is 3.64. The van der Waals surface area contributed by atoms with E-state index in [2.05, 4.69) is 48.5 Å². The molecule has 0 spiro atoms. The molecule has 0 fully saturated rings. The number of nitrogens with zero attached hydrogens (tertiary/aromatic N) is 1. The zero-order chi connectivity index (χ0) is 9.42. The van der Waals surface area contributed by atoms with Gasteiger partial charge in [-0.1, -0.05) is 15.9 Å². The highest BCUT2D eigenvalue weighted by molar-refractivity contribution is 14.1. The van der Waals surface area contributed by atoms with E-state index in [4.69, 9.17) is 0 Å². The van der Waals surface area contributed by atoms with Crippen LogP contribution in [0.25, 0.3) is 11.0 Å². The van der Waals surface area contributed by atoms with Crippen LogP contribution in [0, 0.1) is 3.57 Å². The lowest BCUT2D eigenvalue weighted by Gasteiger charge is -1.95. The van der Waals surface area contributed by atoms with Crippen LogP contribution in [0.2, 0.25) is 0 Å². The molecule has 1 heterocycles. The molecule has 2 aromatic rings. The summed E-state index contributed by atoms with van der Waals surface area (Å²) in [6.45, 7) is 0. The molecule has 0 aliphatic carbocycles. The molecule has 2 rings (SSSR count). The Hall–Kier alpha value is -0.300. The van der Waals surface area contributed by atoms with Crippen LogP contribution >= 0.6 is 38.5 Å². The van der Waals surface area contributed by atoms with Crippen molar-refractivity contribution in [2.24, 2.45) is 0 Å². The Bertz CT molecular complexity index is 455. The Kier molecular flexibility index (Phi) is 2.46. The third kappa shape index (κ3) is 1.54. The van der Waals surface area contributed by atoms with Crippen LogP contribution in [0.15, 0.2) is 12.1 Å². The first-order chi connectivity index (χ1) is 6.22. The topological polar surface area (TPSA) is 48.9 Å². The molecule has 1 aromatic heterocycles. The second-order valence-corrected chi connectivity index (χ2v) is 4.33. The van der Waals surface area contributed by atoms with Crippen molar-refractivity contribution in [1.82, 2.24) is 9.97 Å². The van der Waals surface area contributed by atoms with E-state index in [0.29, 0.717) is 10.8 Å². The van der Waals surface area contributed by atoms with Crippen LogP contribution in [0.1, 0.15) is 5.82 Å². The van der Waals surface area contributed by atoms with Crippen LogP contribution in [0.5, 0.6) is 5.75 Å². The second-order valence-electron chi connectivity index (χ2n) is 2.61. The number of alkyl halides is 1. The molecule has 2 N–H and O–H groups in total. The Balaban J connectivity index is 2.76. The molecule has 0 saturated heterocycles. The van der Waals surface area contributed by atoms with Crippen LogP contribution in [-0.4, -0.2) is 15.1 Å². The molecule has 3 nitrogen and oxygen atoms in total. The van der Waals surface area contributed by atoms with E-state index < -0.39 is 0 Å². The Labute approximate surface area is 96.8 Å². The van der Waals surface area contributed by atoms with Gasteiger partial charge < -0.3 is 10.1 Å². The maximum atomic E-state index is 9.66. The van der Waals surface area contributed by atoms with Crippen molar-refractivity contribution in [3.8, 4) is 5.75 Å². The molecule has 0 bridgehead atoms. The van der Waals surface area contributed by atoms with Crippen molar-refractivity contribution in [3.63, 3.8) is 0 Å². The predicted molar refractivity (Wildman–Crippen MR) is 63.1 cm³/mol. The monoisotopic (exact) mass is 352 g/mol. The average Bonchev–Trinajstić information content (AvgIpc) is 2.55. The molecular weight excluding hydrogens is 347 g/mol. The normalized spacial score (nSPS) is 10.9. The molecule has 0 radical (unpaired) electrons. The number of fused-ring (bicyclic) bond motifs is 1. The number of imidazole rings is 1. The van der Waals surface area contributed by atoms with Gasteiger partial charge in [-0.15, -0.1) is 0 Å². The Morgan fingerprint density at radius 2 is 2.31 bits per heavy atom. The highest BCUT2D eigenvalue weighted by atomic mass is 127. The second kappa shape index (κ2) is 3.45. The lowest BCUT2D eigenvalue weighted by atomic mass is 10.3. The summed E-state index contributed by atoms with van der Waals surface area (Å²) in [5, 5.41) is 10.3. The summed E-state index contributed by atoms with van der Waals surface area (Å²) in [4.78, 5) is 7.33. The zero-order valence-corrected chi connectivity index (χ0v) is 10.3. The molecule has 0 aliphatic heterocycles. The van der Waals surface area contributed by atoms with Gasteiger partial charge in [-0.3, -0.25) is 0 Å². The molecule has 13 heavy (non-hydrogen) atoms. The molecule has 1 aromatic carbocycles. The number of halogens is 2. The minimum Gasteiger partial charge on any atom is -0.505 e. The SMILES string of the molecule is Oc1c(I)ccc2[nH]c(CBr)nc12. The number of H-pyrrole nitrogens is 1. The van der Waals surface area contributed by atoms with Crippen LogP contribution < -0.4 is 0 Å². The third-order valence-electron chi connectivity index (χ3n) is 1.75. The number of phenolic OH excluding ortho intramolecular Hbond substituents is 1. The summed E-state index contributed by atoms with van der Waals surface area (Å²) in [7, 11) is 0. The summed E-state index contributed by atoms with van der Waals surface area (Å²) in [6.07, 6.45) is 0. The van der Waals surface area contributed by atoms with Crippen molar-refractivity contribution in [1.29, 1.82) is 0 Å². The van der Waals surface area contributed by atoms with Crippen molar-refractivity contribution in [2.75, 3.05) is 0 Å². The van der Waals surface area contributed by atoms with Gasteiger partial charge in [0, 0.05) is 0 Å². The predicted octanol–water partition coefficient (Wildman–Crippen LogP) is 2.77. The first kappa shape index (κ1) is 9.26. The number of rotatable bonds is 1. The number of nitrogens with one attached hydrogen (secondary N) is 1. The summed E-state index contributed by atoms with van der Waals surface area (Å²) >= 11 is 5.38. The molecular formula is C8H6BrIN2O. The van der Waals surface area contributed by atoms with Gasteiger partial charge in [0.2, 0.25) is 0 Å². The number of aromatic hydroxyl groups is 1. The van der Waals surface area contributed by atoms with Gasteiger partial charge in [0.1, 0.15) is 11.3 Å². The van der Waals surface area contributed by atoms with E-state index in [9.17, 15) is 5.11 Å². The number of aromatic nitrogens is 2. The molecule has 0 unspecified atom stereocenters. The number of phenols is 1. The van der Waals surface area contributed by atoms with E-state index in [-0.39, 0.29) is 5.75 Å². The standard InChI is InChI=1S/C8H6BrIN2O/c9-3-6-11-5-2-1-4(10)8(13)7(5)12-6/h1-2,13H,3H2,(H,11,12). The largest absolute Gasteiger partial charge is 0.505 e. The van der Waals surface area contributed by atoms with Gasteiger partial charge in [0.25, 0.3) is 0 Å². The minimum atomic E-state index is 0.251. The Morgan fingerprint density at radius 1 is 1.54 bits per heavy atom. The fraction of sp³-hybridized carbons (Fsp3) is 0.125. The van der Waals surface area contributed by atoms with E-state index in [1.807, 2.05) is 12.1 Å². The highest BCUT2D eigenvalue weighted by Gasteiger charge is 2.08. The van der Waals surface area contributed by atoms with Gasteiger partial charge in [-0.05, 0) is 34.7 Å². The van der Waals surface area contributed by atoms with Crippen molar-refractivity contribution in [3.05, 3.63) is 21.5 Å². The lowest BCUT2D eigenvalue weighted by molar-refractivity contribution is 0.477. The van der Waals surface area contributed by atoms with Gasteiger partial charge in [-0.25, -0.2) is 4.98 Å². The van der Waals surface area contributed by atoms with E-state index in [1.165, 1.54) is 0 Å². The molecule has 68 valence electrons. The highest BCUT2D eigenvalue weighted by Crippen LogP contribution is 2.28. The van der Waals surface area contributed by atoms with Crippen molar-refractivity contribution in [2.45, 2.75) is 5.33 Å². The first-order valence-corrected chi connectivity index (χ1v) is 5.84. The quantitative estimate of drug-likeness (QED) is 0.612. The molecule has 0 amide bonds. The lowest BCUT2D eigenvalue weighted by Crippen LogP contribution is -1.77. The van der Waals surface area contributed by atoms with Gasteiger partial charge in [0.05, 0.1) is 14.4 Å². The molecule has 0 atom stereocenters. The smallest absolute Gasteiger partial charge is 0.156 e. The molecule has 5 heteroatoms. The van der Waals surface area contributed by atoms with Crippen LogP contribution in [0.3, 0.4) is 0 Å². The third-order valence-corrected chi connectivity index (χ3v) is 3.16. The summed E-state index contributed by atoms with van der Waals surface area (Å²) in [5.74, 6) is 1.08. The van der Waals surface area contributed by atoms with Crippen LogP contribution in [-0.2, 0) is 5.33 Å². The van der Waals surface area contributed by atoms with Crippen LogP contribution in [0.4, 0.5) is 0 Å². The van der Waals surface area contributed by atoms with Crippen molar-refractivity contribution < 1.29 is 5.11 Å². The number of benzene rings is 1. The number of hydrogen-bond donors (Lipinski definition) is 2. The fourth-order valence-electron chi connectivity index (χ4n) is 1.15.